The summed E-state index contributed by atoms with van der Waals surface area (Å²) in [7, 11) is 0. The molecule has 0 heterocycles. The minimum atomic E-state index is -0.341. The van der Waals surface area contributed by atoms with E-state index in [1.807, 2.05) is 37.3 Å². The van der Waals surface area contributed by atoms with Crippen molar-refractivity contribution < 1.29 is 14.3 Å². The summed E-state index contributed by atoms with van der Waals surface area (Å²) in [4.78, 5) is 12.6. The predicted octanol–water partition coefficient (Wildman–Crippen LogP) is 5.40. The second kappa shape index (κ2) is 11.0. The quantitative estimate of drug-likeness (QED) is 0.512. The molecule has 2 N–H and O–H groups in total. The summed E-state index contributed by atoms with van der Waals surface area (Å²) in [6.45, 7) is 7.31. The van der Waals surface area contributed by atoms with Crippen molar-refractivity contribution in [2.24, 2.45) is 5.92 Å². The van der Waals surface area contributed by atoms with Crippen LogP contribution in [0.4, 0.5) is 5.69 Å². The number of anilines is 1. The van der Waals surface area contributed by atoms with Crippen molar-refractivity contribution in [1.29, 1.82) is 0 Å². The summed E-state index contributed by atoms with van der Waals surface area (Å²) in [6.07, 6.45) is 0.987. The van der Waals surface area contributed by atoms with Crippen LogP contribution in [-0.4, -0.2) is 24.2 Å². The lowest BCUT2D eigenvalue weighted by Crippen LogP contribution is -2.34. The molecule has 0 fully saturated rings. The maximum Gasteiger partial charge on any atom is 0.261 e. The Hall–Kier alpha value is -2.12. The van der Waals surface area contributed by atoms with Crippen LogP contribution in [0.2, 0.25) is 0 Å². The van der Waals surface area contributed by atoms with E-state index in [0.29, 0.717) is 30.4 Å². The topological polar surface area (TPSA) is 59.6 Å². The second-order valence-electron chi connectivity index (χ2n) is 6.54. The van der Waals surface area contributed by atoms with Crippen LogP contribution in [-0.2, 0) is 0 Å². The molecule has 2 aromatic rings. The number of benzene rings is 2. The smallest absolute Gasteiger partial charge is 0.261 e. The molecule has 0 unspecified atom stereocenters. The van der Waals surface area contributed by atoms with Gasteiger partial charge < -0.3 is 14.8 Å². The minimum absolute atomic E-state index is 0.201. The van der Waals surface area contributed by atoms with Crippen molar-refractivity contribution in [3.63, 3.8) is 0 Å². The Morgan fingerprint density at radius 3 is 2.68 bits per heavy atom. The predicted molar refractivity (Wildman–Crippen MR) is 120 cm³/mol. The van der Waals surface area contributed by atoms with Gasteiger partial charge in [0, 0.05) is 16.2 Å². The van der Waals surface area contributed by atoms with Crippen molar-refractivity contribution in [2.75, 3.05) is 18.5 Å². The first-order chi connectivity index (χ1) is 13.4. The fourth-order valence-electron chi connectivity index (χ4n) is 2.37. The van der Waals surface area contributed by atoms with E-state index in [2.05, 4.69) is 40.4 Å². The van der Waals surface area contributed by atoms with Gasteiger partial charge in [0.15, 0.2) is 5.11 Å². The first kappa shape index (κ1) is 22.2. The maximum absolute atomic E-state index is 12.6. The van der Waals surface area contributed by atoms with Gasteiger partial charge in [-0.25, -0.2) is 0 Å². The third kappa shape index (κ3) is 7.13. The molecule has 0 aliphatic rings. The summed E-state index contributed by atoms with van der Waals surface area (Å²) in [6, 6.07) is 12.7. The Kier molecular flexibility index (Phi) is 8.73. The van der Waals surface area contributed by atoms with Crippen molar-refractivity contribution >= 4 is 44.9 Å². The molecule has 1 amide bonds. The molecule has 0 aromatic heterocycles. The van der Waals surface area contributed by atoms with Gasteiger partial charge in [0.2, 0.25) is 0 Å². The summed E-state index contributed by atoms with van der Waals surface area (Å²) in [5.41, 5.74) is 1.15. The molecule has 28 heavy (non-hydrogen) atoms. The monoisotopic (exact) mass is 464 g/mol. The maximum atomic E-state index is 12.6. The summed E-state index contributed by atoms with van der Waals surface area (Å²) < 4.78 is 12.1. The van der Waals surface area contributed by atoms with E-state index in [1.165, 1.54) is 0 Å². The molecule has 2 aromatic carbocycles. The third-order valence-electron chi connectivity index (χ3n) is 3.77. The van der Waals surface area contributed by atoms with Gasteiger partial charge in [-0.1, -0.05) is 35.8 Å². The van der Waals surface area contributed by atoms with Crippen LogP contribution in [0.1, 0.15) is 37.6 Å². The number of amides is 1. The van der Waals surface area contributed by atoms with Crippen molar-refractivity contribution in [3.8, 4) is 11.5 Å². The number of rotatable bonds is 8. The van der Waals surface area contributed by atoms with Crippen LogP contribution < -0.4 is 20.1 Å². The van der Waals surface area contributed by atoms with E-state index >= 15 is 0 Å². The zero-order valence-electron chi connectivity index (χ0n) is 16.3. The molecule has 0 radical (unpaired) electrons. The minimum Gasteiger partial charge on any atom is -0.494 e. The van der Waals surface area contributed by atoms with Crippen LogP contribution in [0.5, 0.6) is 11.5 Å². The van der Waals surface area contributed by atoms with E-state index in [1.54, 1.807) is 12.1 Å². The standard InChI is InChI=1S/C21H25BrN2O3S/c1-4-26-19-9-8-15(22)12-18(19)20(25)24-21(28)23-16-6-5-7-17(13-16)27-11-10-14(2)3/h5-9,12-14H,4,10-11H2,1-3H3,(H2,23,24,25,28). The van der Waals surface area contributed by atoms with Gasteiger partial charge in [0.1, 0.15) is 11.5 Å². The van der Waals surface area contributed by atoms with Crippen molar-refractivity contribution in [3.05, 3.63) is 52.5 Å². The van der Waals surface area contributed by atoms with Gasteiger partial charge in [0.05, 0.1) is 18.8 Å². The van der Waals surface area contributed by atoms with E-state index in [0.717, 1.165) is 22.3 Å². The van der Waals surface area contributed by atoms with Gasteiger partial charge >= 0.3 is 0 Å². The van der Waals surface area contributed by atoms with E-state index in [4.69, 9.17) is 21.7 Å². The van der Waals surface area contributed by atoms with Gasteiger partial charge in [-0.05, 0) is 61.8 Å². The summed E-state index contributed by atoms with van der Waals surface area (Å²) >= 11 is 8.66. The van der Waals surface area contributed by atoms with Crippen LogP contribution in [0.3, 0.4) is 0 Å². The molecule has 0 spiro atoms. The third-order valence-corrected chi connectivity index (χ3v) is 4.47. The summed E-state index contributed by atoms with van der Waals surface area (Å²) in [5, 5.41) is 5.90. The molecular weight excluding hydrogens is 440 g/mol. The Labute approximate surface area is 179 Å². The molecule has 0 saturated carbocycles. The molecule has 0 bridgehead atoms. The number of thiocarbonyl (C=S) groups is 1. The lowest BCUT2D eigenvalue weighted by molar-refractivity contribution is 0.0974. The Bertz CT molecular complexity index is 827. The highest BCUT2D eigenvalue weighted by Crippen LogP contribution is 2.23. The molecule has 150 valence electrons. The average molecular weight is 465 g/mol. The number of halogens is 1. The lowest BCUT2D eigenvalue weighted by Gasteiger charge is -2.14. The van der Waals surface area contributed by atoms with E-state index in [9.17, 15) is 4.79 Å². The lowest BCUT2D eigenvalue weighted by atomic mass is 10.1. The first-order valence-electron chi connectivity index (χ1n) is 9.16. The van der Waals surface area contributed by atoms with Crippen molar-refractivity contribution in [2.45, 2.75) is 27.2 Å². The molecule has 0 aliphatic carbocycles. The normalized spacial score (nSPS) is 10.5. The number of hydrogen-bond donors (Lipinski definition) is 2. The number of carbonyl (C=O) groups excluding carboxylic acids is 1. The average Bonchev–Trinajstić information content (AvgIpc) is 2.63. The Balaban J connectivity index is 1.99. The van der Waals surface area contributed by atoms with Gasteiger partial charge in [0.25, 0.3) is 5.91 Å². The molecule has 7 heteroatoms. The van der Waals surface area contributed by atoms with Crippen molar-refractivity contribution in [1.82, 2.24) is 5.32 Å². The van der Waals surface area contributed by atoms with Crippen LogP contribution in [0.15, 0.2) is 46.9 Å². The number of ether oxygens (including phenoxy) is 2. The highest BCUT2D eigenvalue weighted by molar-refractivity contribution is 9.10. The van der Waals surface area contributed by atoms with Crippen LogP contribution in [0.25, 0.3) is 0 Å². The largest absolute Gasteiger partial charge is 0.494 e. The van der Waals surface area contributed by atoms with E-state index < -0.39 is 0 Å². The zero-order chi connectivity index (χ0) is 20.5. The molecule has 5 nitrogen and oxygen atoms in total. The fourth-order valence-corrected chi connectivity index (χ4v) is 2.94. The highest BCUT2D eigenvalue weighted by Gasteiger charge is 2.15. The second-order valence-corrected chi connectivity index (χ2v) is 7.86. The van der Waals surface area contributed by atoms with E-state index in [-0.39, 0.29) is 11.0 Å². The number of carbonyl (C=O) groups is 1. The first-order valence-corrected chi connectivity index (χ1v) is 10.4. The fraction of sp³-hybridized carbons (Fsp3) is 0.333. The van der Waals surface area contributed by atoms with Gasteiger partial charge in [-0.2, -0.15) is 0 Å². The summed E-state index contributed by atoms with van der Waals surface area (Å²) in [5.74, 6) is 1.51. The molecule has 2 rings (SSSR count). The zero-order valence-corrected chi connectivity index (χ0v) is 18.7. The Morgan fingerprint density at radius 2 is 1.96 bits per heavy atom. The number of hydrogen-bond acceptors (Lipinski definition) is 4. The molecule has 0 saturated heterocycles. The number of nitrogens with one attached hydrogen (secondary N) is 2. The molecular formula is C21H25BrN2O3S. The molecule has 0 aliphatic heterocycles. The van der Waals surface area contributed by atoms with Crippen LogP contribution in [0, 0.1) is 5.92 Å². The SMILES string of the molecule is CCOc1ccc(Br)cc1C(=O)NC(=S)Nc1cccc(OCCC(C)C)c1. The van der Waals surface area contributed by atoms with Crippen LogP contribution >= 0.6 is 28.1 Å². The highest BCUT2D eigenvalue weighted by atomic mass is 79.9. The Morgan fingerprint density at radius 1 is 1.18 bits per heavy atom. The molecule has 0 atom stereocenters. The van der Waals surface area contributed by atoms with Gasteiger partial charge in [-0.15, -0.1) is 0 Å². The van der Waals surface area contributed by atoms with Gasteiger partial charge in [-0.3, -0.25) is 10.1 Å².